The van der Waals surface area contributed by atoms with Crippen LogP contribution < -0.4 is 0 Å². The second-order valence-corrected chi connectivity index (χ2v) is 4.92. The van der Waals surface area contributed by atoms with E-state index in [2.05, 4.69) is 10.4 Å². The lowest BCUT2D eigenvalue weighted by Gasteiger charge is -1.95. The number of hydrogen-bond acceptors (Lipinski definition) is 3. The molecule has 0 saturated heterocycles. The summed E-state index contributed by atoms with van der Waals surface area (Å²) in [6.07, 6.45) is 6.99. The molecule has 1 aliphatic carbocycles. The van der Waals surface area contributed by atoms with Crippen molar-refractivity contribution < 1.29 is 5.11 Å². The maximum Gasteiger partial charge on any atom is 0.0928 e. The van der Waals surface area contributed by atoms with Crippen LogP contribution in [0, 0.1) is 0 Å². The first-order chi connectivity index (χ1) is 6.90. The quantitative estimate of drug-likeness (QED) is 0.734. The van der Waals surface area contributed by atoms with Gasteiger partial charge >= 0.3 is 0 Å². The van der Waals surface area contributed by atoms with Gasteiger partial charge in [-0.15, -0.1) is 11.3 Å². The van der Waals surface area contributed by atoms with Crippen LogP contribution in [0.15, 0.2) is 5.38 Å². The summed E-state index contributed by atoms with van der Waals surface area (Å²) in [6.45, 7) is 0.325. The first-order valence-electron chi connectivity index (χ1n) is 5.45. The molecule has 1 aromatic heterocycles. The molecule has 2 rings (SSSR count). The molecule has 2 nitrogen and oxygen atoms in total. The third kappa shape index (κ3) is 2.79. The standard InChI is InChI=1S/C11H17NOS/c13-7-3-1-2-4-11-12-10(8-14-11)9-5-6-9/h8-9,13H,1-7H2. The highest BCUT2D eigenvalue weighted by Crippen LogP contribution is 2.40. The van der Waals surface area contributed by atoms with Crippen LogP contribution in [0.5, 0.6) is 0 Å². The van der Waals surface area contributed by atoms with Gasteiger partial charge in [-0.3, -0.25) is 0 Å². The summed E-state index contributed by atoms with van der Waals surface area (Å²) in [5.74, 6) is 0.789. The van der Waals surface area contributed by atoms with E-state index in [0.717, 1.165) is 31.6 Å². The molecule has 1 N–H and O–H groups in total. The van der Waals surface area contributed by atoms with Crippen molar-refractivity contribution in [1.82, 2.24) is 4.98 Å². The highest BCUT2D eigenvalue weighted by molar-refractivity contribution is 7.09. The van der Waals surface area contributed by atoms with E-state index in [9.17, 15) is 0 Å². The molecule has 1 fully saturated rings. The van der Waals surface area contributed by atoms with Crippen LogP contribution in [0.2, 0.25) is 0 Å². The molecule has 0 atom stereocenters. The van der Waals surface area contributed by atoms with Gasteiger partial charge in [0.1, 0.15) is 0 Å². The molecule has 1 saturated carbocycles. The van der Waals surface area contributed by atoms with Gasteiger partial charge in [0, 0.05) is 17.9 Å². The van der Waals surface area contributed by atoms with Crippen LogP contribution in [0.3, 0.4) is 0 Å². The monoisotopic (exact) mass is 211 g/mol. The summed E-state index contributed by atoms with van der Waals surface area (Å²) in [5, 5.41) is 12.1. The van der Waals surface area contributed by atoms with Gasteiger partial charge in [-0.1, -0.05) is 6.42 Å². The minimum Gasteiger partial charge on any atom is -0.396 e. The number of hydrogen-bond donors (Lipinski definition) is 1. The highest BCUT2D eigenvalue weighted by atomic mass is 32.1. The molecule has 0 unspecified atom stereocenters. The van der Waals surface area contributed by atoms with Gasteiger partial charge in [-0.05, 0) is 32.1 Å². The second kappa shape index (κ2) is 4.89. The third-order valence-corrected chi connectivity index (χ3v) is 3.54. The van der Waals surface area contributed by atoms with Crippen LogP contribution in [-0.4, -0.2) is 16.7 Å². The van der Waals surface area contributed by atoms with Gasteiger partial charge in [0.25, 0.3) is 0 Å². The van der Waals surface area contributed by atoms with Gasteiger partial charge in [-0.25, -0.2) is 4.98 Å². The largest absolute Gasteiger partial charge is 0.396 e. The fraction of sp³-hybridized carbons (Fsp3) is 0.727. The zero-order valence-electron chi connectivity index (χ0n) is 8.41. The Morgan fingerprint density at radius 3 is 2.93 bits per heavy atom. The first kappa shape index (κ1) is 10.1. The van der Waals surface area contributed by atoms with Crippen LogP contribution >= 0.6 is 11.3 Å². The zero-order chi connectivity index (χ0) is 9.80. The van der Waals surface area contributed by atoms with Crippen LogP contribution in [-0.2, 0) is 6.42 Å². The summed E-state index contributed by atoms with van der Waals surface area (Å²) in [4.78, 5) is 4.63. The van der Waals surface area contributed by atoms with E-state index in [1.165, 1.54) is 23.5 Å². The van der Waals surface area contributed by atoms with Crippen molar-refractivity contribution in [2.45, 2.75) is 44.4 Å². The molecule has 0 bridgehead atoms. The molecule has 3 heteroatoms. The Bertz CT molecular complexity index is 281. The van der Waals surface area contributed by atoms with Crippen molar-refractivity contribution in [1.29, 1.82) is 0 Å². The van der Waals surface area contributed by atoms with Crippen molar-refractivity contribution >= 4 is 11.3 Å². The Kier molecular flexibility index (Phi) is 3.54. The van der Waals surface area contributed by atoms with Crippen LogP contribution in [0.25, 0.3) is 0 Å². The molecule has 1 aliphatic rings. The Labute approximate surface area is 89.0 Å². The Balaban J connectivity index is 1.72. The number of aliphatic hydroxyl groups is 1. The highest BCUT2D eigenvalue weighted by Gasteiger charge is 2.25. The van der Waals surface area contributed by atoms with E-state index < -0.39 is 0 Å². The average Bonchev–Trinajstić information content (AvgIpc) is 2.94. The third-order valence-electron chi connectivity index (χ3n) is 2.61. The molecule has 1 aromatic rings. The van der Waals surface area contributed by atoms with E-state index >= 15 is 0 Å². The number of rotatable bonds is 6. The van der Waals surface area contributed by atoms with Crippen molar-refractivity contribution in [2.24, 2.45) is 0 Å². The molecule has 0 aliphatic heterocycles. The minimum atomic E-state index is 0.325. The Morgan fingerprint density at radius 2 is 2.21 bits per heavy atom. The molecule has 14 heavy (non-hydrogen) atoms. The first-order valence-corrected chi connectivity index (χ1v) is 6.33. The van der Waals surface area contributed by atoms with Crippen molar-refractivity contribution in [3.05, 3.63) is 16.1 Å². The molecule has 78 valence electrons. The topological polar surface area (TPSA) is 33.1 Å². The molecular formula is C11H17NOS. The Hall–Kier alpha value is -0.410. The number of aromatic nitrogens is 1. The molecule has 0 amide bonds. The maximum atomic E-state index is 8.64. The fourth-order valence-electron chi connectivity index (χ4n) is 1.57. The predicted molar refractivity (Wildman–Crippen MR) is 58.7 cm³/mol. The van der Waals surface area contributed by atoms with Crippen LogP contribution in [0.1, 0.15) is 48.7 Å². The van der Waals surface area contributed by atoms with Crippen molar-refractivity contribution in [3.8, 4) is 0 Å². The zero-order valence-corrected chi connectivity index (χ0v) is 9.22. The number of aliphatic hydroxyl groups excluding tert-OH is 1. The van der Waals surface area contributed by atoms with E-state index in [4.69, 9.17) is 5.11 Å². The molecule has 0 spiro atoms. The predicted octanol–water partition coefficient (Wildman–Crippen LogP) is 2.73. The van der Waals surface area contributed by atoms with Crippen molar-refractivity contribution in [2.75, 3.05) is 6.61 Å². The summed E-state index contributed by atoms with van der Waals surface area (Å²) in [7, 11) is 0. The Morgan fingerprint density at radius 1 is 1.36 bits per heavy atom. The molecule has 1 heterocycles. The SMILES string of the molecule is OCCCCCc1nc(C2CC2)cs1. The van der Waals surface area contributed by atoms with E-state index in [-0.39, 0.29) is 0 Å². The van der Waals surface area contributed by atoms with E-state index in [1.807, 2.05) is 0 Å². The second-order valence-electron chi connectivity index (χ2n) is 3.97. The van der Waals surface area contributed by atoms with Crippen LogP contribution in [0.4, 0.5) is 0 Å². The van der Waals surface area contributed by atoms with E-state index in [0.29, 0.717) is 6.61 Å². The molecule has 0 radical (unpaired) electrons. The van der Waals surface area contributed by atoms with Gasteiger partial charge in [-0.2, -0.15) is 0 Å². The maximum absolute atomic E-state index is 8.64. The number of thiazole rings is 1. The summed E-state index contributed by atoms with van der Waals surface area (Å²) >= 11 is 1.80. The average molecular weight is 211 g/mol. The number of aryl methyl sites for hydroxylation is 1. The number of unbranched alkanes of at least 4 members (excludes halogenated alkanes) is 2. The number of nitrogens with zero attached hydrogens (tertiary/aromatic N) is 1. The van der Waals surface area contributed by atoms with Gasteiger partial charge < -0.3 is 5.11 Å². The van der Waals surface area contributed by atoms with Gasteiger partial charge in [0.15, 0.2) is 0 Å². The summed E-state index contributed by atoms with van der Waals surface area (Å²) < 4.78 is 0. The van der Waals surface area contributed by atoms with Gasteiger partial charge in [0.05, 0.1) is 10.7 Å². The minimum absolute atomic E-state index is 0.325. The van der Waals surface area contributed by atoms with E-state index in [1.54, 1.807) is 11.3 Å². The lowest BCUT2D eigenvalue weighted by Crippen LogP contribution is -1.88. The van der Waals surface area contributed by atoms with Gasteiger partial charge in [0.2, 0.25) is 0 Å². The molecular weight excluding hydrogens is 194 g/mol. The van der Waals surface area contributed by atoms with Crippen molar-refractivity contribution in [3.63, 3.8) is 0 Å². The summed E-state index contributed by atoms with van der Waals surface area (Å²) in [6, 6.07) is 0. The lowest BCUT2D eigenvalue weighted by atomic mass is 10.2. The fourth-order valence-corrected chi connectivity index (χ4v) is 2.49. The smallest absolute Gasteiger partial charge is 0.0928 e. The normalized spacial score (nSPS) is 16.1. The lowest BCUT2D eigenvalue weighted by molar-refractivity contribution is 0.283. The summed E-state index contributed by atoms with van der Waals surface area (Å²) in [5.41, 5.74) is 1.33. The molecule has 0 aromatic carbocycles.